The number of hydrogen-bond donors (Lipinski definition) is 1. The molecule has 25 heavy (non-hydrogen) atoms. The van der Waals surface area contributed by atoms with Crippen LogP contribution < -0.4 is 10.5 Å². The van der Waals surface area contributed by atoms with E-state index in [0.717, 1.165) is 54.9 Å². The Morgan fingerprint density at radius 3 is 2.72 bits per heavy atom. The van der Waals surface area contributed by atoms with E-state index in [1.807, 2.05) is 12.1 Å². The molecule has 0 radical (unpaired) electrons. The van der Waals surface area contributed by atoms with Gasteiger partial charge in [-0.25, -0.2) is 0 Å². The van der Waals surface area contributed by atoms with E-state index in [2.05, 4.69) is 45.0 Å². The minimum absolute atomic E-state index is 0.0558. The van der Waals surface area contributed by atoms with Crippen LogP contribution in [0.25, 0.3) is 22.2 Å². The lowest BCUT2D eigenvalue weighted by Crippen LogP contribution is -2.44. The second kappa shape index (κ2) is 5.43. The molecule has 0 unspecified atom stereocenters. The van der Waals surface area contributed by atoms with Crippen molar-refractivity contribution in [3.05, 3.63) is 58.0 Å². The third-order valence-corrected chi connectivity index (χ3v) is 5.50. The highest BCUT2D eigenvalue weighted by Crippen LogP contribution is 2.41. The monoisotopic (exact) mass is 332 g/mol. The fourth-order valence-corrected chi connectivity index (χ4v) is 4.12. The minimum atomic E-state index is -0.0558. The number of likely N-dealkylation sites (N-methyl/N-ethyl adjacent to an activating group) is 1. The third kappa shape index (κ3) is 2.19. The normalized spacial score (nSPS) is 16.9. The molecule has 1 aromatic carbocycles. The highest BCUT2D eigenvalue weighted by molar-refractivity contribution is 5.91. The number of nitrogens with zero attached hydrogens (tertiary/aromatic N) is 3. The summed E-state index contributed by atoms with van der Waals surface area (Å²) >= 11 is 0. The van der Waals surface area contributed by atoms with Gasteiger partial charge in [0, 0.05) is 55.6 Å². The number of aromatic amines is 1. The summed E-state index contributed by atoms with van der Waals surface area (Å²) in [4.78, 5) is 24.9. The van der Waals surface area contributed by atoms with Gasteiger partial charge < -0.3 is 14.8 Å². The summed E-state index contributed by atoms with van der Waals surface area (Å²) in [6.07, 6.45) is 2.60. The zero-order valence-electron chi connectivity index (χ0n) is 14.2. The van der Waals surface area contributed by atoms with E-state index in [-0.39, 0.29) is 5.56 Å². The Labute approximate surface area is 145 Å². The molecule has 1 N–H and O–H groups in total. The lowest BCUT2D eigenvalue weighted by molar-refractivity contribution is 0.312. The zero-order chi connectivity index (χ0) is 17.0. The maximum atomic E-state index is 12.5. The van der Waals surface area contributed by atoms with E-state index in [9.17, 15) is 4.79 Å². The Balaban J connectivity index is 1.67. The van der Waals surface area contributed by atoms with Crippen LogP contribution in [-0.4, -0.2) is 48.1 Å². The van der Waals surface area contributed by atoms with Gasteiger partial charge in [0.25, 0.3) is 5.56 Å². The Morgan fingerprint density at radius 2 is 1.88 bits per heavy atom. The van der Waals surface area contributed by atoms with Crippen molar-refractivity contribution in [3.8, 4) is 11.3 Å². The summed E-state index contributed by atoms with van der Waals surface area (Å²) in [5.74, 6) is 0. The molecule has 0 bridgehead atoms. The first-order valence-corrected chi connectivity index (χ1v) is 8.78. The molecule has 1 saturated heterocycles. The van der Waals surface area contributed by atoms with Crippen molar-refractivity contribution in [1.82, 2.24) is 14.9 Å². The molecule has 5 nitrogen and oxygen atoms in total. The average Bonchev–Trinajstić information content (AvgIpc) is 3.02. The Hall–Kier alpha value is -2.66. The first-order chi connectivity index (χ1) is 12.2. The number of rotatable bonds is 1. The third-order valence-electron chi connectivity index (χ3n) is 5.50. The Bertz CT molecular complexity index is 1030. The van der Waals surface area contributed by atoms with Crippen molar-refractivity contribution in [1.29, 1.82) is 0 Å². The molecule has 0 spiro atoms. The number of aromatic nitrogens is 2. The van der Waals surface area contributed by atoms with Crippen LogP contribution in [0.3, 0.4) is 0 Å². The van der Waals surface area contributed by atoms with Crippen LogP contribution in [0, 0.1) is 0 Å². The van der Waals surface area contributed by atoms with Crippen molar-refractivity contribution in [2.75, 3.05) is 38.1 Å². The van der Waals surface area contributed by atoms with E-state index in [0.29, 0.717) is 5.39 Å². The summed E-state index contributed by atoms with van der Waals surface area (Å²) in [6.45, 7) is 4.24. The predicted molar refractivity (Wildman–Crippen MR) is 100 cm³/mol. The first kappa shape index (κ1) is 14.7. The zero-order valence-corrected chi connectivity index (χ0v) is 14.2. The minimum Gasteiger partial charge on any atom is -0.369 e. The molecule has 2 aromatic heterocycles. The lowest BCUT2D eigenvalue weighted by atomic mass is 10.1. The Kier molecular flexibility index (Phi) is 3.18. The molecule has 3 heterocycles. The maximum Gasteiger partial charge on any atom is 0.257 e. The SMILES string of the molecule is CN1CCN(c2cccc3c2Cc2c-3[nH]c(=O)c3cccnc23)CC1. The quantitative estimate of drug-likeness (QED) is 0.581. The Morgan fingerprint density at radius 1 is 1.04 bits per heavy atom. The number of piperazine rings is 1. The van der Waals surface area contributed by atoms with Gasteiger partial charge in [-0.3, -0.25) is 9.78 Å². The molecule has 2 aliphatic rings. The van der Waals surface area contributed by atoms with Crippen molar-refractivity contribution < 1.29 is 0 Å². The molecule has 0 atom stereocenters. The van der Waals surface area contributed by atoms with Crippen LogP contribution in [-0.2, 0) is 6.42 Å². The number of hydrogen-bond acceptors (Lipinski definition) is 4. The van der Waals surface area contributed by atoms with Gasteiger partial charge in [0.05, 0.1) is 16.6 Å². The highest BCUT2D eigenvalue weighted by Gasteiger charge is 2.27. The maximum absolute atomic E-state index is 12.5. The number of anilines is 1. The highest BCUT2D eigenvalue weighted by atomic mass is 16.1. The van der Waals surface area contributed by atoms with E-state index in [4.69, 9.17) is 0 Å². The summed E-state index contributed by atoms with van der Waals surface area (Å²) in [6, 6.07) is 10.1. The standard InChI is InChI=1S/C20H20N4O/c1-23-8-10-24(11-9-23)17-6-2-4-13-15(17)12-16-18-14(5-3-7-21-18)20(25)22-19(13)16/h2-7H,8-12H2,1H3,(H,22,25). The summed E-state index contributed by atoms with van der Waals surface area (Å²) in [5, 5.41) is 0.676. The smallest absolute Gasteiger partial charge is 0.257 e. The second-order valence-electron chi connectivity index (χ2n) is 6.98. The van der Waals surface area contributed by atoms with Crippen LogP contribution >= 0.6 is 0 Å². The van der Waals surface area contributed by atoms with Crippen LogP contribution in [0.5, 0.6) is 0 Å². The summed E-state index contributed by atoms with van der Waals surface area (Å²) < 4.78 is 0. The number of fused-ring (bicyclic) bond motifs is 5. The molecule has 5 rings (SSSR count). The van der Waals surface area contributed by atoms with Gasteiger partial charge in [-0.05, 0) is 30.8 Å². The second-order valence-corrected chi connectivity index (χ2v) is 6.98. The molecule has 1 fully saturated rings. The fourth-order valence-electron chi connectivity index (χ4n) is 4.12. The van der Waals surface area contributed by atoms with Crippen molar-refractivity contribution >= 4 is 16.6 Å². The van der Waals surface area contributed by atoms with Crippen LogP contribution in [0.2, 0.25) is 0 Å². The number of nitrogens with one attached hydrogen (secondary N) is 1. The molecular formula is C20H20N4O. The van der Waals surface area contributed by atoms with Crippen molar-refractivity contribution in [2.24, 2.45) is 0 Å². The van der Waals surface area contributed by atoms with E-state index >= 15 is 0 Å². The van der Waals surface area contributed by atoms with Gasteiger partial charge in [-0.15, -0.1) is 0 Å². The van der Waals surface area contributed by atoms with Gasteiger partial charge in [0.2, 0.25) is 0 Å². The molecule has 5 heteroatoms. The molecular weight excluding hydrogens is 312 g/mol. The summed E-state index contributed by atoms with van der Waals surface area (Å²) in [7, 11) is 2.17. The average molecular weight is 332 g/mol. The topological polar surface area (TPSA) is 52.2 Å². The lowest BCUT2D eigenvalue weighted by Gasteiger charge is -2.35. The van der Waals surface area contributed by atoms with Crippen molar-refractivity contribution in [3.63, 3.8) is 0 Å². The predicted octanol–water partition coefficient (Wildman–Crippen LogP) is 2.25. The van der Waals surface area contributed by atoms with E-state index in [1.165, 1.54) is 11.3 Å². The number of H-pyrrole nitrogens is 1. The number of pyridine rings is 2. The molecule has 1 aliphatic heterocycles. The molecule has 3 aromatic rings. The molecule has 126 valence electrons. The van der Waals surface area contributed by atoms with Crippen molar-refractivity contribution in [2.45, 2.75) is 6.42 Å². The molecule has 1 aliphatic carbocycles. The van der Waals surface area contributed by atoms with Gasteiger partial charge in [-0.1, -0.05) is 12.1 Å². The largest absolute Gasteiger partial charge is 0.369 e. The van der Waals surface area contributed by atoms with Crippen LogP contribution in [0.4, 0.5) is 5.69 Å². The first-order valence-electron chi connectivity index (χ1n) is 8.78. The van der Waals surface area contributed by atoms with E-state index in [1.54, 1.807) is 6.20 Å². The van der Waals surface area contributed by atoms with Crippen LogP contribution in [0.15, 0.2) is 41.3 Å². The fraction of sp³-hybridized carbons (Fsp3) is 0.300. The van der Waals surface area contributed by atoms with E-state index < -0.39 is 0 Å². The molecule has 0 saturated carbocycles. The van der Waals surface area contributed by atoms with Gasteiger partial charge >= 0.3 is 0 Å². The van der Waals surface area contributed by atoms with Gasteiger partial charge in [0.1, 0.15) is 0 Å². The summed E-state index contributed by atoms with van der Waals surface area (Å²) in [5.41, 5.74) is 6.63. The van der Waals surface area contributed by atoms with Crippen LogP contribution in [0.1, 0.15) is 11.1 Å². The van der Waals surface area contributed by atoms with Gasteiger partial charge in [-0.2, -0.15) is 0 Å². The molecule has 0 amide bonds. The van der Waals surface area contributed by atoms with Gasteiger partial charge in [0.15, 0.2) is 0 Å². The number of benzene rings is 1.